The zero-order valence-corrected chi connectivity index (χ0v) is 12.9. The molecule has 0 unspecified atom stereocenters. The molecular formula is C16H17FN6. The van der Waals surface area contributed by atoms with E-state index in [0.29, 0.717) is 12.5 Å². The number of hydrogen-bond acceptors (Lipinski definition) is 5. The van der Waals surface area contributed by atoms with E-state index in [4.69, 9.17) is 0 Å². The number of aromatic amines is 1. The van der Waals surface area contributed by atoms with Gasteiger partial charge in [0, 0.05) is 26.2 Å². The van der Waals surface area contributed by atoms with Gasteiger partial charge in [0.1, 0.15) is 0 Å². The van der Waals surface area contributed by atoms with Crippen molar-refractivity contribution in [3.8, 4) is 11.3 Å². The third kappa shape index (κ3) is 3.28. The maximum Gasteiger partial charge on any atom is 0.225 e. The molecule has 0 fully saturated rings. The van der Waals surface area contributed by atoms with Crippen LogP contribution in [-0.4, -0.2) is 34.3 Å². The molecule has 0 atom stereocenters. The van der Waals surface area contributed by atoms with E-state index in [9.17, 15) is 4.39 Å². The average molecular weight is 312 g/mol. The summed E-state index contributed by atoms with van der Waals surface area (Å²) in [7, 11) is 3.47. The third-order valence-electron chi connectivity index (χ3n) is 3.37. The Balaban J connectivity index is 1.78. The zero-order chi connectivity index (χ0) is 16.2. The normalized spacial score (nSPS) is 10.6. The molecule has 1 aromatic carbocycles. The fraction of sp³-hybridized carbons (Fsp3) is 0.188. The molecule has 7 heteroatoms. The number of nitrogens with zero attached hydrogens (tertiary/aromatic N) is 4. The first-order chi connectivity index (χ1) is 11.1. The molecular weight excluding hydrogens is 295 g/mol. The fourth-order valence-electron chi connectivity index (χ4n) is 2.23. The van der Waals surface area contributed by atoms with Crippen LogP contribution in [-0.2, 0) is 6.54 Å². The molecule has 0 saturated carbocycles. The van der Waals surface area contributed by atoms with Crippen LogP contribution in [0.2, 0.25) is 0 Å². The highest BCUT2D eigenvalue weighted by Gasteiger charge is 2.11. The highest BCUT2D eigenvalue weighted by atomic mass is 19.1. The van der Waals surface area contributed by atoms with E-state index >= 15 is 0 Å². The molecule has 0 bridgehead atoms. The highest BCUT2D eigenvalue weighted by molar-refractivity contribution is 5.62. The lowest BCUT2D eigenvalue weighted by Gasteiger charge is -2.13. The molecule has 0 spiro atoms. The molecule has 0 aliphatic carbocycles. The molecule has 23 heavy (non-hydrogen) atoms. The second-order valence-electron chi connectivity index (χ2n) is 5.25. The quantitative estimate of drug-likeness (QED) is 0.758. The van der Waals surface area contributed by atoms with Gasteiger partial charge >= 0.3 is 0 Å². The Morgan fingerprint density at radius 1 is 1.17 bits per heavy atom. The maximum absolute atomic E-state index is 13.6. The van der Waals surface area contributed by atoms with E-state index in [-0.39, 0.29) is 5.82 Å². The van der Waals surface area contributed by atoms with Crippen LogP contribution in [0.3, 0.4) is 0 Å². The Morgan fingerprint density at radius 3 is 2.70 bits per heavy atom. The van der Waals surface area contributed by atoms with Crippen molar-refractivity contribution in [1.82, 2.24) is 20.2 Å². The minimum absolute atomic E-state index is 0.248. The van der Waals surface area contributed by atoms with Crippen LogP contribution in [0.25, 0.3) is 11.3 Å². The molecule has 0 aliphatic rings. The third-order valence-corrected chi connectivity index (χ3v) is 3.37. The smallest absolute Gasteiger partial charge is 0.225 e. The fourth-order valence-corrected chi connectivity index (χ4v) is 2.23. The van der Waals surface area contributed by atoms with E-state index in [1.165, 1.54) is 0 Å². The van der Waals surface area contributed by atoms with Crippen molar-refractivity contribution in [1.29, 1.82) is 0 Å². The number of rotatable bonds is 5. The number of anilines is 2. The van der Waals surface area contributed by atoms with E-state index < -0.39 is 5.82 Å². The number of hydrogen-bond donors (Lipinski definition) is 2. The topological polar surface area (TPSA) is 69.7 Å². The van der Waals surface area contributed by atoms with Crippen molar-refractivity contribution in [2.45, 2.75) is 6.54 Å². The number of aromatic nitrogens is 4. The molecule has 0 amide bonds. The maximum atomic E-state index is 13.6. The molecule has 118 valence electrons. The zero-order valence-electron chi connectivity index (χ0n) is 12.9. The predicted molar refractivity (Wildman–Crippen MR) is 87.7 cm³/mol. The Kier molecular flexibility index (Phi) is 4.18. The van der Waals surface area contributed by atoms with Crippen molar-refractivity contribution >= 4 is 11.8 Å². The molecule has 2 heterocycles. The van der Waals surface area contributed by atoms with Crippen LogP contribution in [0.1, 0.15) is 5.56 Å². The van der Waals surface area contributed by atoms with Gasteiger partial charge in [0.15, 0.2) is 11.6 Å². The Bertz CT molecular complexity index is 784. The second kappa shape index (κ2) is 6.43. The highest BCUT2D eigenvalue weighted by Crippen LogP contribution is 2.21. The van der Waals surface area contributed by atoms with Crippen LogP contribution >= 0.6 is 0 Å². The molecule has 2 aromatic heterocycles. The number of H-pyrrole nitrogens is 1. The number of nitrogens with one attached hydrogen (secondary N) is 2. The van der Waals surface area contributed by atoms with Crippen LogP contribution < -0.4 is 10.2 Å². The molecule has 0 saturated heterocycles. The molecule has 0 aliphatic heterocycles. The summed E-state index contributed by atoms with van der Waals surface area (Å²) in [6, 6.07) is 9.93. The van der Waals surface area contributed by atoms with Gasteiger partial charge in [-0.1, -0.05) is 30.3 Å². The summed E-state index contributed by atoms with van der Waals surface area (Å²) >= 11 is 0. The van der Waals surface area contributed by atoms with Gasteiger partial charge in [0.05, 0.1) is 18.1 Å². The van der Waals surface area contributed by atoms with E-state index in [1.807, 2.05) is 30.3 Å². The van der Waals surface area contributed by atoms with Gasteiger partial charge in [-0.15, -0.1) is 0 Å². The van der Waals surface area contributed by atoms with E-state index in [2.05, 4.69) is 25.5 Å². The standard InChI is InChI=1S/C16H17FN6/c1-23(2)15-13(17)10-19-16(21-15)18-8-12-9-20-22-14(12)11-6-4-3-5-7-11/h3-7,9-10H,8H2,1-2H3,(H,20,22)(H,18,19,21). The van der Waals surface area contributed by atoms with Crippen LogP contribution in [0.5, 0.6) is 0 Å². The molecule has 6 nitrogen and oxygen atoms in total. The first-order valence-electron chi connectivity index (χ1n) is 7.16. The Hall–Kier alpha value is -2.96. The summed E-state index contributed by atoms with van der Waals surface area (Å²) in [5, 5.41) is 10.2. The van der Waals surface area contributed by atoms with E-state index in [1.54, 1.807) is 25.2 Å². The minimum atomic E-state index is -0.450. The first kappa shape index (κ1) is 15.0. The van der Waals surface area contributed by atoms with Crippen LogP contribution in [0.15, 0.2) is 42.7 Å². The van der Waals surface area contributed by atoms with Gasteiger partial charge in [-0.3, -0.25) is 5.10 Å². The van der Waals surface area contributed by atoms with Gasteiger partial charge in [-0.05, 0) is 5.56 Å². The molecule has 2 N–H and O–H groups in total. The van der Waals surface area contributed by atoms with Crippen molar-refractivity contribution < 1.29 is 4.39 Å². The van der Waals surface area contributed by atoms with Crippen molar-refractivity contribution in [3.05, 3.63) is 54.1 Å². The number of halogens is 1. The van der Waals surface area contributed by atoms with Gasteiger partial charge in [0.25, 0.3) is 0 Å². The summed E-state index contributed by atoms with van der Waals surface area (Å²) < 4.78 is 13.6. The van der Waals surface area contributed by atoms with Crippen molar-refractivity contribution in [2.24, 2.45) is 0 Å². The van der Waals surface area contributed by atoms with Gasteiger partial charge < -0.3 is 10.2 Å². The summed E-state index contributed by atoms with van der Waals surface area (Å²) in [4.78, 5) is 9.75. The summed E-state index contributed by atoms with van der Waals surface area (Å²) in [5.74, 6) is 0.169. The Morgan fingerprint density at radius 2 is 1.96 bits per heavy atom. The van der Waals surface area contributed by atoms with Crippen LogP contribution in [0.4, 0.5) is 16.2 Å². The van der Waals surface area contributed by atoms with Gasteiger partial charge in [-0.25, -0.2) is 9.37 Å². The van der Waals surface area contributed by atoms with E-state index in [0.717, 1.165) is 23.0 Å². The summed E-state index contributed by atoms with van der Waals surface area (Å²) in [5.41, 5.74) is 2.97. The monoisotopic (exact) mass is 312 g/mol. The molecule has 3 aromatic rings. The minimum Gasteiger partial charge on any atom is -0.360 e. The molecule has 0 radical (unpaired) electrons. The lowest BCUT2D eigenvalue weighted by molar-refractivity contribution is 0.612. The van der Waals surface area contributed by atoms with Gasteiger partial charge in [0.2, 0.25) is 5.95 Å². The Labute approximate surface area is 133 Å². The SMILES string of the molecule is CN(C)c1nc(NCc2cn[nH]c2-c2ccccc2)ncc1F. The van der Waals surface area contributed by atoms with Crippen LogP contribution in [0, 0.1) is 5.82 Å². The average Bonchev–Trinajstić information content (AvgIpc) is 3.03. The summed E-state index contributed by atoms with van der Waals surface area (Å²) in [6.45, 7) is 0.485. The van der Waals surface area contributed by atoms with Crippen molar-refractivity contribution in [3.63, 3.8) is 0 Å². The lowest BCUT2D eigenvalue weighted by atomic mass is 10.1. The number of benzene rings is 1. The lowest BCUT2D eigenvalue weighted by Crippen LogP contribution is -2.15. The molecule has 3 rings (SSSR count). The van der Waals surface area contributed by atoms with Gasteiger partial charge in [-0.2, -0.15) is 10.1 Å². The van der Waals surface area contributed by atoms with Crippen molar-refractivity contribution in [2.75, 3.05) is 24.3 Å². The summed E-state index contributed by atoms with van der Waals surface area (Å²) in [6.07, 6.45) is 2.92. The predicted octanol–water partition coefficient (Wildman–Crippen LogP) is 2.68. The first-order valence-corrected chi connectivity index (χ1v) is 7.16. The second-order valence-corrected chi connectivity index (χ2v) is 5.25. The largest absolute Gasteiger partial charge is 0.360 e.